The molecule has 0 spiro atoms. The van der Waals surface area contributed by atoms with Crippen molar-refractivity contribution in [2.24, 2.45) is 0 Å². The van der Waals surface area contributed by atoms with Gasteiger partial charge in [-0.05, 0) is 38.1 Å². The molecule has 0 saturated carbocycles. The van der Waals surface area contributed by atoms with E-state index in [1.54, 1.807) is 24.1 Å². The fourth-order valence-corrected chi connectivity index (χ4v) is 4.86. The predicted molar refractivity (Wildman–Crippen MR) is 147 cm³/mol. The lowest BCUT2D eigenvalue weighted by molar-refractivity contribution is -0.384. The van der Waals surface area contributed by atoms with E-state index in [9.17, 15) is 14.9 Å². The van der Waals surface area contributed by atoms with Crippen molar-refractivity contribution in [1.29, 1.82) is 0 Å². The van der Waals surface area contributed by atoms with Gasteiger partial charge in [-0.1, -0.05) is 31.2 Å². The zero-order valence-electron chi connectivity index (χ0n) is 22.4. The number of piperazine rings is 1. The number of rotatable bonds is 11. The Hall–Kier alpha value is -3.76. The second-order valence-electron chi connectivity index (χ2n) is 9.44. The molecule has 1 amide bonds. The van der Waals surface area contributed by atoms with Crippen LogP contribution in [0.15, 0.2) is 54.6 Å². The maximum atomic E-state index is 13.7. The summed E-state index contributed by atoms with van der Waals surface area (Å²) in [6, 6.07) is 16.0. The van der Waals surface area contributed by atoms with E-state index in [1.165, 1.54) is 12.1 Å². The van der Waals surface area contributed by atoms with E-state index in [0.29, 0.717) is 31.7 Å². The molecule has 10 nitrogen and oxygen atoms in total. The van der Waals surface area contributed by atoms with E-state index in [1.807, 2.05) is 41.9 Å². The van der Waals surface area contributed by atoms with Gasteiger partial charge in [0.2, 0.25) is 0 Å². The van der Waals surface area contributed by atoms with E-state index in [-0.39, 0.29) is 11.6 Å². The van der Waals surface area contributed by atoms with Crippen molar-refractivity contribution in [3.8, 4) is 5.69 Å². The Morgan fingerprint density at radius 1 is 1.11 bits per heavy atom. The molecule has 0 bridgehead atoms. The first kappa shape index (κ1) is 27.3. The number of nitro groups is 1. The fraction of sp³-hybridized carbons (Fsp3) is 0.429. The highest BCUT2D eigenvalue weighted by Crippen LogP contribution is 2.30. The molecule has 1 aromatic heterocycles. The number of methoxy groups -OCH3 is 1. The third-order valence-electron chi connectivity index (χ3n) is 6.99. The molecule has 0 radical (unpaired) electrons. The van der Waals surface area contributed by atoms with Crippen molar-refractivity contribution < 1.29 is 14.5 Å². The normalized spacial score (nSPS) is 14.0. The molecule has 0 atom stereocenters. The van der Waals surface area contributed by atoms with Gasteiger partial charge >= 0.3 is 0 Å². The fourth-order valence-electron chi connectivity index (χ4n) is 4.86. The number of aromatic nitrogens is 2. The van der Waals surface area contributed by atoms with E-state index in [2.05, 4.69) is 16.7 Å². The number of likely N-dealkylation sites (N-methyl/N-ethyl adjacent to an activating group) is 1. The summed E-state index contributed by atoms with van der Waals surface area (Å²) in [6.45, 7) is 10.1. The number of aryl methyl sites for hydroxylation is 1. The molecule has 3 aromatic rings. The standard InChI is InChI=1S/C28H36N6O4/c1-4-30-15-17-31(18-16-30)27-26(22(2)29-33(27)24-11-6-5-7-12-24)21-32(14-9-19-38-3)28(35)23-10-8-13-25(20-23)34(36)37/h5-8,10-13,20H,4,9,14-19,21H2,1-3H3. The quantitative estimate of drug-likeness (QED) is 0.215. The Balaban J connectivity index is 1.72. The van der Waals surface area contributed by atoms with Crippen molar-refractivity contribution in [3.05, 3.63) is 81.5 Å². The Morgan fingerprint density at radius 2 is 1.84 bits per heavy atom. The van der Waals surface area contributed by atoms with E-state index in [4.69, 9.17) is 9.84 Å². The summed E-state index contributed by atoms with van der Waals surface area (Å²) >= 11 is 0. The Morgan fingerprint density at radius 3 is 2.50 bits per heavy atom. The average molecular weight is 521 g/mol. The number of hydrogen-bond donors (Lipinski definition) is 0. The van der Waals surface area contributed by atoms with Crippen LogP contribution in [0.25, 0.3) is 5.69 Å². The molecular formula is C28H36N6O4. The number of benzene rings is 2. The lowest BCUT2D eigenvalue weighted by atomic mass is 10.1. The molecule has 0 N–H and O–H groups in total. The van der Waals surface area contributed by atoms with Gasteiger partial charge in [-0.2, -0.15) is 5.10 Å². The molecule has 1 aliphatic heterocycles. The largest absolute Gasteiger partial charge is 0.385 e. The Labute approximate surface area is 223 Å². The minimum atomic E-state index is -0.478. The van der Waals surface area contributed by atoms with Gasteiger partial charge in [0.15, 0.2) is 0 Å². The van der Waals surface area contributed by atoms with Crippen LogP contribution in [0, 0.1) is 17.0 Å². The van der Waals surface area contributed by atoms with Crippen LogP contribution in [-0.4, -0.2) is 83.4 Å². The first-order valence-corrected chi connectivity index (χ1v) is 13.1. The van der Waals surface area contributed by atoms with Gasteiger partial charge in [0.1, 0.15) is 5.82 Å². The van der Waals surface area contributed by atoms with Crippen molar-refractivity contribution in [2.45, 2.75) is 26.8 Å². The first-order valence-electron chi connectivity index (χ1n) is 13.1. The second-order valence-corrected chi connectivity index (χ2v) is 9.44. The summed E-state index contributed by atoms with van der Waals surface area (Å²) < 4.78 is 7.23. The highest BCUT2D eigenvalue weighted by molar-refractivity contribution is 5.95. The summed E-state index contributed by atoms with van der Waals surface area (Å²) in [4.78, 5) is 31.1. The molecule has 1 saturated heterocycles. The topological polar surface area (TPSA) is 97.0 Å². The average Bonchev–Trinajstić information content (AvgIpc) is 3.28. The van der Waals surface area contributed by atoms with Crippen LogP contribution in [0.1, 0.15) is 35.0 Å². The molecule has 1 fully saturated rings. The van der Waals surface area contributed by atoms with Crippen LogP contribution in [0.2, 0.25) is 0 Å². The first-order chi connectivity index (χ1) is 18.4. The smallest absolute Gasteiger partial charge is 0.270 e. The molecule has 1 aliphatic rings. The van der Waals surface area contributed by atoms with Crippen molar-refractivity contribution in [3.63, 3.8) is 0 Å². The number of non-ortho nitro benzene ring substituents is 1. The number of nitrogens with zero attached hydrogens (tertiary/aromatic N) is 6. The van der Waals surface area contributed by atoms with Crippen LogP contribution in [0.3, 0.4) is 0 Å². The maximum Gasteiger partial charge on any atom is 0.270 e. The molecule has 10 heteroatoms. The number of anilines is 1. The number of carbonyl (C=O) groups excluding carboxylic acids is 1. The van der Waals surface area contributed by atoms with Crippen LogP contribution < -0.4 is 4.90 Å². The van der Waals surface area contributed by atoms with Crippen molar-refractivity contribution in [1.82, 2.24) is 19.6 Å². The predicted octanol–water partition coefficient (Wildman–Crippen LogP) is 3.91. The summed E-state index contributed by atoms with van der Waals surface area (Å²) in [5, 5.41) is 16.3. The molecule has 2 aromatic carbocycles. The third-order valence-corrected chi connectivity index (χ3v) is 6.99. The number of amides is 1. The number of carbonyl (C=O) groups is 1. The molecule has 202 valence electrons. The zero-order valence-corrected chi connectivity index (χ0v) is 22.4. The Bertz CT molecular complexity index is 1240. The van der Waals surface area contributed by atoms with Gasteiger partial charge in [-0.15, -0.1) is 0 Å². The van der Waals surface area contributed by atoms with Gasteiger partial charge < -0.3 is 19.4 Å². The van der Waals surface area contributed by atoms with Crippen molar-refractivity contribution >= 4 is 17.4 Å². The van der Waals surface area contributed by atoms with Gasteiger partial charge in [-0.25, -0.2) is 4.68 Å². The number of para-hydroxylation sites is 1. The van der Waals surface area contributed by atoms with Gasteiger partial charge in [0, 0.05) is 69.7 Å². The van der Waals surface area contributed by atoms with Gasteiger partial charge in [-0.3, -0.25) is 14.9 Å². The SMILES string of the molecule is CCN1CCN(c2c(CN(CCCOC)C(=O)c3cccc([N+](=O)[O-])c3)c(C)nn2-c2ccccc2)CC1. The molecule has 38 heavy (non-hydrogen) atoms. The monoisotopic (exact) mass is 520 g/mol. The summed E-state index contributed by atoms with van der Waals surface area (Å²) in [6.07, 6.45) is 0.646. The van der Waals surface area contributed by atoms with Crippen LogP contribution >= 0.6 is 0 Å². The van der Waals surface area contributed by atoms with E-state index < -0.39 is 4.92 Å². The molecular weight excluding hydrogens is 484 g/mol. The molecule has 0 aliphatic carbocycles. The molecule has 0 unspecified atom stereocenters. The highest BCUT2D eigenvalue weighted by atomic mass is 16.6. The number of hydrogen-bond acceptors (Lipinski definition) is 7. The second kappa shape index (κ2) is 12.7. The number of ether oxygens (including phenoxy) is 1. The van der Waals surface area contributed by atoms with Crippen molar-refractivity contribution in [2.75, 3.05) is 57.9 Å². The van der Waals surface area contributed by atoms with Crippen LogP contribution in [0.4, 0.5) is 11.5 Å². The van der Waals surface area contributed by atoms with Crippen LogP contribution in [0.5, 0.6) is 0 Å². The lowest BCUT2D eigenvalue weighted by Crippen LogP contribution is -2.47. The minimum Gasteiger partial charge on any atom is -0.385 e. The Kier molecular flexibility index (Phi) is 9.09. The minimum absolute atomic E-state index is 0.102. The van der Waals surface area contributed by atoms with Crippen LogP contribution in [-0.2, 0) is 11.3 Å². The molecule has 4 rings (SSSR count). The zero-order chi connectivity index (χ0) is 27.1. The summed E-state index contributed by atoms with van der Waals surface area (Å²) in [5.74, 6) is 0.742. The number of nitro benzene ring substituents is 1. The summed E-state index contributed by atoms with van der Waals surface area (Å²) in [5.41, 5.74) is 2.99. The van der Waals surface area contributed by atoms with Gasteiger partial charge in [0.05, 0.1) is 22.8 Å². The lowest BCUT2D eigenvalue weighted by Gasteiger charge is -2.36. The van der Waals surface area contributed by atoms with E-state index >= 15 is 0 Å². The third kappa shape index (κ3) is 6.20. The maximum absolute atomic E-state index is 13.7. The summed E-state index contributed by atoms with van der Waals surface area (Å²) in [7, 11) is 1.63. The van der Waals surface area contributed by atoms with Gasteiger partial charge in [0.25, 0.3) is 11.6 Å². The molecule has 2 heterocycles. The van der Waals surface area contributed by atoms with E-state index in [0.717, 1.165) is 55.5 Å². The highest BCUT2D eigenvalue weighted by Gasteiger charge is 2.28.